The van der Waals surface area contributed by atoms with E-state index >= 15 is 0 Å². The molecule has 1 aliphatic rings. The molecule has 32 heavy (non-hydrogen) atoms. The van der Waals surface area contributed by atoms with E-state index in [-0.39, 0.29) is 12.4 Å². The zero-order chi connectivity index (χ0) is 22.7. The Morgan fingerprint density at radius 3 is 2.59 bits per heavy atom. The number of anilines is 1. The summed E-state index contributed by atoms with van der Waals surface area (Å²) in [5.74, 6) is 1.05. The van der Waals surface area contributed by atoms with Crippen molar-refractivity contribution >= 4 is 17.0 Å². The quantitative estimate of drug-likeness (QED) is 0.465. The standard InChI is InChI=1S/C25H35N5O2/c1-17-14-18(2)24-22(15-17)30(16-21-23(32)7-6-19(3)26-21)25(28-24)27-20-8-11-29(12-9-20)10-4-5-13-31/h6-7,14-15,20,31-32H,4-5,8-13,16H2,1-3H3,(H,27,28). The number of imidazole rings is 1. The molecule has 0 unspecified atom stereocenters. The van der Waals surface area contributed by atoms with Crippen LogP contribution < -0.4 is 5.32 Å². The number of pyridine rings is 1. The highest BCUT2D eigenvalue weighted by atomic mass is 16.3. The van der Waals surface area contributed by atoms with Crippen LogP contribution in [-0.4, -0.2) is 61.9 Å². The average molecular weight is 438 g/mol. The summed E-state index contributed by atoms with van der Waals surface area (Å²) in [6, 6.07) is 8.23. The monoisotopic (exact) mass is 437 g/mol. The number of aromatic nitrogens is 3. The van der Waals surface area contributed by atoms with Crippen LogP contribution in [0.15, 0.2) is 24.3 Å². The fraction of sp³-hybridized carbons (Fsp3) is 0.520. The van der Waals surface area contributed by atoms with Gasteiger partial charge in [-0.05, 0) is 82.3 Å². The molecule has 3 aromatic rings. The largest absolute Gasteiger partial charge is 0.506 e. The predicted octanol–water partition coefficient (Wildman–Crippen LogP) is 3.76. The Balaban J connectivity index is 1.58. The number of aliphatic hydroxyl groups excluding tert-OH is 1. The van der Waals surface area contributed by atoms with Crippen molar-refractivity contribution < 1.29 is 10.2 Å². The van der Waals surface area contributed by atoms with E-state index in [2.05, 4.69) is 45.7 Å². The van der Waals surface area contributed by atoms with Gasteiger partial charge in [0.25, 0.3) is 0 Å². The number of aryl methyl sites for hydroxylation is 3. The van der Waals surface area contributed by atoms with E-state index in [0.29, 0.717) is 18.3 Å². The first kappa shape index (κ1) is 22.6. The first-order chi connectivity index (χ1) is 15.4. The first-order valence-corrected chi connectivity index (χ1v) is 11.7. The maximum atomic E-state index is 10.4. The van der Waals surface area contributed by atoms with Crippen molar-refractivity contribution in [3.05, 3.63) is 46.8 Å². The molecular weight excluding hydrogens is 402 g/mol. The van der Waals surface area contributed by atoms with Crippen LogP contribution in [0.1, 0.15) is 48.2 Å². The number of aliphatic hydroxyl groups is 1. The molecule has 1 saturated heterocycles. The summed E-state index contributed by atoms with van der Waals surface area (Å²) in [6.07, 6.45) is 4.05. The molecule has 0 bridgehead atoms. The minimum atomic E-state index is 0.212. The molecule has 0 aliphatic carbocycles. The van der Waals surface area contributed by atoms with Crippen LogP contribution in [0.3, 0.4) is 0 Å². The molecule has 2 aromatic heterocycles. The molecule has 0 saturated carbocycles. The highest BCUT2D eigenvalue weighted by molar-refractivity contribution is 5.83. The Morgan fingerprint density at radius 2 is 1.84 bits per heavy atom. The van der Waals surface area contributed by atoms with Crippen LogP contribution in [0.5, 0.6) is 5.75 Å². The third kappa shape index (κ3) is 5.05. The lowest BCUT2D eigenvalue weighted by molar-refractivity contribution is 0.204. The normalized spacial score (nSPS) is 15.5. The number of unbranched alkanes of at least 4 members (excludes halogenated alkanes) is 1. The van der Waals surface area contributed by atoms with Gasteiger partial charge >= 0.3 is 0 Å². The predicted molar refractivity (Wildman–Crippen MR) is 128 cm³/mol. The third-order valence-electron chi connectivity index (χ3n) is 6.39. The number of likely N-dealkylation sites (tertiary alicyclic amines) is 1. The van der Waals surface area contributed by atoms with Crippen LogP contribution in [0.25, 0.3) is 11.0 Å². The number of nitrogens with one attached hydrogen (secondary N) is 1. The number of aromatic hydroxyl groups is 1. The highest BCUT2D eigenvalue weighted by Crippen LogP contribution is 2.28. The Morgan fingerprint density at radius 1 is 1.06 bits per heavy atom. The van der Waals surface area contributed by atoms with Crippen molar-refractivity contribution in [2.75, 3.05) is 31.6 Å². The molecule has 0 spiro atoms. The fourth-order valence-corrected chi connectivity index (χ4v) is 4.64. The minimum Gasteiger partial charge on any atom is -0.506 e. The number of nitrogens with zero attached hydrogens (tertiary/aromatic N) is 4. The maximum Gasteiger partial charge on any atom is 0.204 e. The number of hydrogen-bond donors (Lipinski definition) is 3. The lowest BCUT2D eigenvalue weighted by Crippen LogP contribution is -2.40. The van der Waals surface area contributed by atoms with Gasteiger partial charge in [0.15, 0.2) is 0 Å². The second kappa shape index (κ2) is 9.88. The third-order valence-corrected chi connectivity index (χ3v) is 6.39. The summed E-state index contributed by atoms with van der Waals surface area (Å²) in [6.45, 7) is 10.1. The van der Waals surface area contributed by atoms with Crippen LogP contribution >= 0.6 is 0 Å². The smallest absolute Gasteiger partial charge is 0.204 e. The van der Waals surface area contributed by atoms with Crippen molar-refractivity contribution in [1.29, 1.82) is 0 Å². The van der Waals surface area contributed by atoms with Gasteiger partial charge in [0.1, 0.15) is 11.4 Å². The van der Waals surface area contributed by atoms with Crippen LogP contribution in [0, 0.1) is 20.8 Å². The zero-order valence-electron chi connectivity index (χ0n) is 19.4. The molecule has 1 aromatic carbocycles. The molecule has 7 nitrogen and oxygen atoms in total. The molecule has 172 valence electrons. The van der Waals surface area contributed by atoms with Gasteiger partial charge in [-0.25, -0.2) is 4.98 Å². The van der Waals surface area contributed by atoms with Crippen molar-refractivity contribution in [2.24, 2.45) is 0 Å². The van der Waals surface area contributed by atoms with Gasteiger partial charge < -0.3 is 25.0 Å². The number of hydrogen-bond acceptors (Lipinski definition) is 6. The van der Waals surface area contributed by atoms with E-state index in [0.717, 1.165) is 73.6 Å². The Hall–Kier alpha value is -2.64. The number of benzene rings is 1. The van der Waals surface area contributed by atoms with E-state index in [9.17, 15) is 5.11 Å². The number of piperidine rings is 1. The second-order valence-corrected chi connectivity index (χ2v) is 9.08. The lowest BCUT2D eigenvalue weighted by Gasteiger charge is -2.32. The van der Waals surface area contributed by atoms with Gasteiger partial charge in [-0.15, -0.1) is 0 Å². The summed E-state index contributed by atoms with van der Waals surface area (Å²) in [5.41, 5.74) is 5.95. The molecule has 1 aliphatic heterocycles. The first-order valence-electron chi connectivity index (χ1n) is 11.7. The van der Waals surface area contributed by atoms with Gasteiger partial charge in [0.2, 0.25) is 5.95 Å². The zero-order valence-corrected chi connectivity index (χ0v) is 19.4. The molecule has 0 radical (unpaired) electrons. The van der Waals surface area contributed by atoms with E-state index in [1.165, 1.54) is 5.56 Å². The highest BCUT2D eigenvalue weighted by Gasteiger charge is 2.22. The Kier molecular flexibility index (Phi) is 6.96. The molecule has 0 amide bonds. The van der Waals surface area contributed by atoms with Crippen LogP contribution in [0.4, 0.5) is 5.95 Å². The maximum absolute atomic E-state index is 10.4. The SMILES string of the molecule is Cc1cc(C)c2nc(NC3CCN(CCCCO)CC3)n(Cc3nc(C)ccc3O)c2c1. The summed E-state index contributed by atoms with van der Waals surface area (Å²) in [4.78, 5) is 12.0. The summed E-state index contributed by atoms with van der Waals surface area (Å²) < 4.78 is 2.16. The van der Waals surface area contributed by atoms with E-state index in [1.807, 2.05) is 13.0 Å². The number of rotatable bonds is 8. The second-order valence-electron chi connectivity index (χ2n) is 9.08. The molecule has 3 heterocycles. The molecule has 4 rings (SSSR count). The minimum absolute atomic E-state index is 0.212. The molecule has 0 atom stereocenters. The van der Waals surface area contributed by atoms with Crippen molar-refractivity contribution in [1.82, 2.24) is 19.4 Å². The molecular formula is C25H35N5O2. The lowest BCUT2D eigenvalue weighted by atomic mass is 10.0. The summed E-state index contributed by atoms with van der Waals surface area (Å²) >= 11 is 0. The van der Waals surface area contributed by atoms with E-state index in [4.69, 9.17) is 10.1 Å². The Labute approximate surface area is 190 Å². The number of fused-ring (bicyclic) bond motifs is 1. The summed E-state index contributed by atoms with van der Waals surface area (Å²) in [5, 5.41) is 23.1. The van der Waals surface area contributed by atoms with E-state index < -0.39 is 0 Å². The van der Waals surface area contributed by atoms with E-state index in [1.54, 1.807) is 6.07 Å². The van der Waals surface area contributed by atoms with Gasteiger partial charge in [0, 0.05) is 31.4 Å². The molecule has 7 heteroatoms. The van der Waals surface area contributed by atoms with Gasteiger partial charge in [-0.3, -0.25) is 4.98 Å². The van der Waals surface area contributed by atoms with Crippen LogP contribution in [0.2, 0.25) is 0 Å². The summed E-state index contributed by atoms with van der Waals surface area (Å²) in [7, 11) is 0. The molecule has 1 fully saturated rings. The molecule has 3 N–H and O–H groups in total. The Bertz CT molecular complexity index is 1070. The average Bonchev–Trinajstić information content (AvgIpc) is 3.09. The van der Waals surface area contributed by atoms with Gasteiger partial charge in [0.05, 0.1) is 17.6 Å². The topological polar surface area (TPSA) is 86.4 Å². The van der Waals surface area contributed by atoms with Crippen molar-refractivity contribution in [3.8, 4) is 5.75 Å². The van der Waals surface area contributed by atoms with Crippen molar-refractivity contribution in [3.63, 3.8) is 0 Å². The van der Waals surface area contributed by atoms with Gasteiger partial charge in [-0.1, -0.05) is 6.07 Å². The van der Waals surface area contributed by atoms with Crippen LogP contribution in [-0.2, 0) is 6.54 Å². The van der Waals surface area contributed by atoms with Crippen molar-refractivity contribution in [2.45, 2.75) is 59.0 Å². The fourth-order valence-electron chi connectivity index (χ4n) is 4.64. The van der Waals surface area contributed by atoms with Gasteiger partial charge in [-0.2, -0.15) is 0 Å².